The number of hydrogen-bond donors (Lipinski definition) is 1. The molecule has 2 aliphatic rings. The van der Waals surface area contributed by atoms with E-state index in [1.54, 1.807) is 0 Å². The summed E-state index contributed by atoms with van der Waals surface area (Å²) in [4.78, 5) is 0. The second-order valence-corrected chi connectivity index (χ2v) is 5.32. The van der Waals surface area contributed by atoms with Crippen LogP contribution in [0.2, 0.25) is 0 Å². The third-order valence-electron chi connectivity index (χ3n) is 4.20. The largest absolute Gasteiger partial charge is 0.497 e. The summed E-state index contributed by atoms with van der Waals surface area (Å²) in [6.07, 6.45) is 11.2. The van der Waals surface area contributed by atoms with Crippen LogP contribution in [-0.4, -0.2) is 12.6 Å². The van der Waals surface area contributed by atoms with E-state index in [0.717, 1.165) is 31.1 Å². The van der Waals surface area contributed by atoms with Gasteiger partial charge in [0.05, 0.1) is 12.6 Å². The standard InChI is InChI=1S/C14H25NO/c1-2-11-6-5-7-12(10-11)14(15)13-8-3-4-9-16-13/h8,11-12,14H,2-7,9-10,15H2,1H3. The second-order valence-electron chi connectivity index (χ2n) is 5.32. The molecule has 1 aliphatic carbocycles. The lowest BCUT2D eigenvalue weighted by molar-refractivity contribution is 0.142. The van der Waals surface area contributed by atoms with Gasteiger partial charge in [0, 0.05) is 0 Å². The number of nitrogens with two attached hydrogens (primary N) is 1. The summed E-state index contributed by atoms with van der Waals surface area (Å²) in [6.45, 7) is 3.17. The van der Waals surface area contributed by atoms with Gasteiger partial charge in [0.1, 0.15) is 5.76 Å². The summed E-state index contributed by atoms with van der Waals surface area (Å²) >= 11 is 0. The maximum absolute atomic E-state index is 6.35. The predicted octanol–water partition coefficient (Wildman–Crippen LogP) is 3.22. The van der Waals surface area contributed by atoms with Crippen LogP contribution in [0, 0.1) is 11.8 Å². The Balaban J connectivity index is 1.92. The van der Waals surface area contributed by atoms with Crippen molar-refractivity contribution in [2.24, 2.45) is 17.6 Å². The number of hydrogen-bond acceptors (Lipinski definition) is 2. The van der Waals surface area contributed by atoms with Crippen molar-refractivity contribution < 1.29 is 4.74 Å². The molecule has 2 rings (SSSR count). The molecule has 2 N–H and O–H groups in total. The van der Waals surface area contributed by atoms with Gasteiger partial charge in [-0.05, 0) is 43.6 Å². The molecule has 1 aliphatic heterocycles. The molecule has 1 saturated carbocycles. The predicted molar refractivity (Wildman–Crippen MR) is 67.0 cm³/mol. The minimum Gasteiger partial charge on any atom is -0.497 e. The lowest BCUT2D eigenvalue weighted by atomic mass is 9.76. The minimum absolute atomic E-state index is 0.162. The Labute approximate surface area is 99.2 Å². The van der Waals surface area contributed by atoms with Crippen molar-refractivity contribution in [1.29, 1.82) is 0 Å². The van der Waals surface area contributed by atoms with Crippen molar-refractivity contribution in [3.8, 4) is 0 Å². The van der Waals surface area contributed by atoms with Gasteiger partial charge >= 0.3 is 0 Å². The Kier molecular flexibility index (Phi) is 4.28. The average Bonchev–Trinajstić information content (AvgIpc) is 2.39. The first-order chi connectivity index (χ1) is 7.81. The van der Waals surface area contributed by atoms with E-state index in [0.29, 0.717) is 5.92 Å². The van der Waals surface area contributed by atoms with E-state index >= 15 is 0 Å². The van der Waals surface area contributed by atoms with Gasteiger partial charge in [0.15, 0.2) is 0 Å². The van der Waals surface area contributed by atoms with E-state index in [4.69, 9.17) is 10.5 Å². The van der Waals surface area contributed by atoms with Gasteiger partial charge in [-0.15, -0.1) is 0 Å². The summed E-state index contributed by atoms with van der Waals surface area (Å²) in [5, 5.41) is 0. The molecule has 2 heteroatoms. The van der Waals surface area contributed by atoms with Crippen LogP contribution in [0.1, 0.15) is 51.9 Å². The molecule has 0 aromatic rings. The molecule has 16 heavy (non-hydrogen) atoms. The fourth-order valence-electron chi connectivity index (χ4n) is 3.07. The lowest BCUT2D eigenvalue weighted by Gasteiger charge is -2.34. The first-order valence-electron chi connectivity index (χ1n) is 6.89. The molecule has 2 nitrogen and oxygen atoms in total. The first kappa shape index (κ1) is 12.0. The highest BCUT2D eigenvalue weighted by atomic mass is 16.5. The normalized spacial score (nSPS) is 32.8. The second kappa shape index (κ2) is 5.72. The molecule has 3 atom stereocenters. The summed E-state index contributed by atoms with van der Waals surface area (Å²) in [5.41, 5.74) is 6.35. The van der Waals surface area contributed by atoms with Crippen LogP contribution in [0.3, 0.4) is 0 Å². The van der Waals surface area contributed by atoms with Crippen molar-refractivity contribution >= 4 is 0 Å². The third kappa shape index (κ3) is 2.79. The Morgan fingerprint density at radius 2 is 2.31 bits per heavy atom. The lowest BCUT2D eigenvalue weighted by Crippen LogP contribution is -2.36. The van der Waals surface area contributed by atoms with Crippen molar-refractivity contribution in [2.45, 2.75) is 57.9 Å². The van der Waals surface area contributed by atoms with Gasteiger partial charge in [0.25, 0.3) is 0 Å². The fraction of sp³-hybridized carbons (Fsp3) is 0.857. The van der Waals surface area contributed by atoms with Crippen LogP contribution < -0.4 is 5.73 Å². The Morgan fingerprint density at radius 3 is 3.00 bits per heavy atom. The minimum atomic E-state index is 0.162. The molecule has 92 valence electrons. The van der Waals surface area contributed by atoms with E-state index in [1.807, 2.05) is 0 Å². The molecule has 1 fully saturated rings. The average molecular weight is 223 g/mol. The zero-order valence-corrected chi connectivity index (χ0v) is 10.5. The highest BCUT2D eigenvalue weighted by Crippen LogP contribution is 2.34. The Bertz CT molecular complexity index is 249. The first-order valence-corrected chi connectivity index (χ1v) is 6.89. The van der Waals surface area contributed by atoms with Crippen molar-refractivity contribution in [2.75, 3.05) is 6.61 Å². The van der Waals surface area contributed by atoms with E-state index in [9.17, 15) is 0 Å². The Morgan fingerprint density at radius 1 is 1.44 bits per heavy atom. The monoisotopic (exact) mass is 223 g/mol. The molecule has 3 unspecified atom stereocenters. The van der Waals surface area contributed by atoms with E-state index in [2.05, 4.69) is 13.0 Å². The van der Waals surface area contributed by atoms with Gasteiger partial charge in [-0.2, -0.15) is 0 Å². The van der Waals surface area contributed by atoms with E-state index in [-0.39, 0.29) is 6.04 Å². The number of rotatable bonds is 3. The van der Waals surface area contributed by atoms with Crippen molar-refractivity contribution in [3.05, 3.63) is 11.8 Å². The quantitative estimate of drug-likeness (QED) is 0.797. The van der Waals surface area contributed by atoms with Gasteiger partial charge < -0.3 is 10.5 Å². The maximum Gasteiger partial charge on any atom is 0.109 e. The topological polar surface area (TPSA) is 35.2 Å². The highest BCUT2D eigenvalue weighted by molar-refractivity contribution is 5.07. The molecule has 0 aromatic carbocycles. The summed E-state index contributed by atoms with van der Waals surface area (Å²) in [6, 6.07) is 0.162. The molecule has 1 heterocycles. The van der Waals surface area contributed by atoms with Gasteiger partial charge in [-0.25, -0.2) is 0 Å². The zero-order chi connectivity index (χ0) is 11.4. The molecule has 0 bridgehead atoms. The molecule has 0 radical (unpaired) electrons. The van der Waals surface area contributed by atoms with E-state index < -0.39 is 0 Å². The van der Waals surface area contributed by atoms with E-state index in [1.165, 1.54) is 32.1 Å². The van der Waals surface area contributed by atoms with Gasteiger partial charge in [-0.1, -0.05) is 26.2 Å². The summed E-state index contributed by atoms with van der Waals surface area (Å²) < 4.78 is 5.70. The van der Waals surface area contributed by atoms with Crippen molar-refractivity contribution in [1.82, 2.24) is 0 Å². The Hall–Kier alpha value is -0.500. The zero-order valence-electron chi connectivity index (χ0n) is 10.5. The number of ether oxygens (including phenoxy) is 1. The molecule has 0 amide bonds. The van der Waals surface area contributed by atoms with Crippen LogP contribution in [0.15, 0.2) is 11.8 Å². The third-order valence-corrected chi connectivity index (χ3v) is 4.20. The summed E-state index contributed by atoms with van der Waals surface area (Å²) in [5.74, 6) is 2.63. The SMILES string of the molecule is CCC1CCCC(C(N)C2=CCCCO2)C1. The molecule has 0 saturated heterocycles. The van der Waals surface area contributed by atoms with Crippen LogP contribution in [0.25, 0.3) is 0 Å². The van der Waals surface area contributed by atoms with Gasteiger partial charge in [0.2, 0.25) is 0 Å². The van der Waals surface area contributed by atoms with Crippen molar-refractivity contribution in [3.63, 3.8) is 0 Å². The number of allylic oxidation sites excluding steroid dienone is 1. The molecular weight excluding hydrogens is 198 g/mol. The highest BCUT2D eigenvalue weighted by Gasteiger charge is 2.28. The van der Waals surface area contributed by atoms with Crippen LogP contribution >= 0.6 is 0 Å². The maximum atomic E-state index is 6.35. The molecule has 0 aromatic heterocycles. The van der Waals surface area contributed by atoms with Crippen LogP contribution in [0.4, 0.5) is 0 Å². The smallest absolute Gasteiger partial charge is 0.109 e. The summed E-state index contributed by atoms with van der Waals surface area (Å²) in [7, 11) is 0. The molecule has 0 spiro atoms. The van der Waals surface area contributed by atoms with Crippen LogP contribution in [-0.2, 0) is 4.74 Å². The molecular formula is C14H25NO. The van der Waals surface area contributed by atoms with Crippen LogP contribution in [0.5, 0.6) is 0 Å². The fourth-order valence-corrected chi connectivity index (χ4v) is 3.07. The van der Waals surface area contributed by atoms with Gasteiger partial charge in [-0.3, -0.25) is 0 Å².